The van der Waals surface area contributed by atoms with Crippen molar-refractivity contribution in [1.29, 1.82) is 0 Å². The number of nitrogens with zero attached hydrogens (tertiary/aromatic N) is 2. The molecule has 1 aromatic heterocycles. The van der Waals surface area contributed by atoms with Gasteiger partial charge in [-0.15, -0.1) is 0 Å². The second-order valence-electron chi connectivity index (χ2n) is 10.3. The molecular weight excluding hydrogens is 682 g/mol. The molecule has 0 aliphatic carbocycles. The first-order valence-corrected chi connectivity index (χ1v) is 16.4. The minimum absolute atomic E-state index is 0.222. The highest BCUT2D eigenvalue weighted by atomic mass is 79.9. The number of thioether (sulfide) groups is 1. The number of ether oxygens (including phenoxy) is 2. The topological polar surface area (TPSA) is 124 Å². The number of carbonyl (C=O) groups excluding carboxylic acids is 4. The highest BCUT2D eigenvalue weighted by Gasteiger charge is 2.56. The van der Waals surface area contributed by atoms with Crippen molar-refractivity contribution in [2.75, 3.05) is 23.9 Å². The zero-order valence-corrected chi connectivity index (χ0v) is 27.2. The Hall–Kier alpha value is -4.20. The standard InChI is InChI=1S/C32H26BrN3O7S2/c1-3-43-31(40)17-7-11-21(12-8-17)36-28(38)25-24(18-5-4-6-19(33)15-18)27-30(44-26(25)29(36)39)35(32(41)45-27)16-23(37)34-20-9-13-22(42-2)14-10-20/h4-15,24-26H,3,16H2,1-2H3,(H,34,37). The van der Waals surface area contributed by atoms with E-state index in [4.69, 9.17) is 9.47 Å². The lowest BCUT2D eigenvalue weighted by Crippen LogP contribution is -2.33. The molecule has 3 amide bonds. The van der Waals surface area contributed by atoms with Crippen molar-refractivity contribution in [3.05, 3.63) is 103 Å². The first-order valence-electron chi connectivity index (χ1n) is 13.9. The number of esters is 1. The van der Waals surface area contributed by atoms with Crippen LogP contribution in [-0.4, -0.2) is 47.2 Å². The summed E-state index contributed by atoms with van der Waals surface area (Å²) in [5.74, 6) is -2.51. The van der Waals surface area contributed by atoms with E-state index in [0.29, 0.717) is 32.6 Å². The van der Waals surface area contributed by atoms with Crippen LogP contribution in [0.5, 0.6) is 5.75 Å². The highest BCUT2D eigenvalue weighted by Crippen LogP contribution is 2.54. The van der Waals surface area contributed by atoms with Crippen LogP contribution in [0, 0.1) is 5.92 Å². The van der Waals surface area contributed by atoms with Gasteiger partial charge < -0.3 is 14.8 Å². The molecule has 3 unspecified atom stereocenters. The van der Waals surface area contributed by atoms with Gasteiger partial charge in [0.2, 0.25) is 17.7 Å². The maximum Gasteiger partial charge on any atom is 0.338 e. The number of halogens is 1. The summed E-state index contributed by atoms with van der Waals surface area (Å²) >= 11 is 5.62. The van der Waals surface area contributed by atoms with Crippen molar-refractivity contribution in [3.8, 4) is 5.75 Å². The molecule has 45 heavy (non-hydrogen) atoms. The normalized spacial score (nSPS) is 18.7. The van der Waals surface area contributed by atoms with E-state index in [1.807, 2.05) is 24.3 Å². The maximum atomic E-state index is 14.1. The number of hydrogen-bond donors (Lipinski definition) is 1. The first kappa shape index (κ1) is 30.8. The SMILES string of the molecule is CCOC(=O)c1ccc(N2C(=O)C3Sc4c(sc(=O)n4CC(=O)Nc4ccc(OC)cc4)C(c4cccc(Br)c4)C3C2=O)cc1. The monoisotopic (exact) mass is 707 g/mol. The summed E-state index contributed by atoms with van der Waals surface area (Å²) in [4.78, 5) is 68.1. The van der Waals surface area contributed by atoms with E-state index in [2.05, 4.69) is 21.2 Å². The van der Waals surface area contributed by atoms with Crippen LogP contribution in [0.1, 0.15) is 33.6 Å². The van der Waals surface area contributed by atoms with E-state index in [0.717, 1.165) is 38.0 Å². The molecule has 3 aromatic carbocycles. The summed E-state index contributed by atoms with van der Waals surface area (Å²) in [6.07, 6.45) is 0. The van der Waals surface area contributed by atoms with Crippen LogP contribution in [-0.2, 0) is 25.7 Å². The van der Waals surface area contributed by atoms with Crippen LogP contribution >= 0.6 is 39.0 Å². The van der Waals surface area contributed by atoms with Gasteiger partial charge in [-0.3, -0.25) is 23.7 Å². The van der Waals surface area contributed by atoms with E-state index < -0.39 is 40.8 Å². The largest absolute Gasteiger partial charge is 0.497 e. The third kappa shape index (κ3) is 5.83. The van der Waals surface area contributed by atoms with Crippen LogP contribution in [0.15, 0.2) is 87.1 Å². The Morgan fingerprint density at radius 1 is 0.978 bits per heavy atom. The number of rotatable bonds is 8. The molecule has 10 nitrogen and oxygen atoms in total. The van der Waals surface area contributed by atoms with Gasteiger partial charge in [-0.25, -0.2) is 9.69 Å². The smallest absolute Gasteiger partial charge is 0.338 e. The third-order valence-corrected chi connectivity index (χ3v) is 10.7. The summed E-state index contributed by atoms with van der Waals surface area (Å²) < 4.78 is 12.4. The van der Waals surface area contributed by atoms with E-state index in [1.165, 1.54) is 16.7 Å². The number of nitrogens with one attached hydrogen (secondary N) is 1. The lowest BCUT2D eigenvalue weighted by molar-refractivity contribution is -0.122. The summed E-state index contributed by atoms with van der Waals surface area (Å²) in [5, 5.41) is 2.44. The van der Waals surface area contributed by atoms with Gasteiger partial charge in [0.05, 0.1) is 35.9 Å². The summed E-state index contributed by atoms with van der Waals surface area (Å²) in [5.41, 5.74) is 1.94. The predicted molar refractivity (Wildman–Crippen MR) is 174 cm³/mol. The van der Waals surface area contributed by atoms with Crippen molar-refractivity contribution in [2.45, 2.75) is 29.7 Å². The van der Waals surface area contributed by atoms with Crippen LogP contribution in [0.4, 0.5) is 11.4 Å². The van der Waals surface area contributed by atoms with Gasteiger partial charge in [-0.05, 0) is 73.2 Å². The third-order valence-electron chi connectivity index (χ3n) is 7.57. The van der Waals surface area contributed by atoms with Crippen LogP contribution in [0.2, 0.25) is 0 Å². The Morgan fingerprint density at radius 2 is 1.71 bits per heavy atom. The quantitative estimate of drug-likeness (QED) is 0.194. The zero-order valence-electron chi connectivity index (χ0n) is 24.0. The Bertz CT molecular complexity index is 1870. The fraction of sp³-hybridized carbons (Fsp3) is 0.219. The van der Waals surface area contributed by atoms with Crippen molar-refractivity contribution < 1.29 is 28.7 Å². The molecule has 0 saturated carbocycles. The number of thiazole rings is 1. The molecule has 2 aliphatic heterocycles. The van der Waals surface area contributed by atoms with E-state index in [1.54, 1.807) is 50.4 Å². The summed E-state index contributed by atoms with van der Waals surface area (Å²) in [6.45, 7) is 1.66. The second kappa shape index (κ2) is 12.7. The van der Waals surface area contributed by atoms with Gasteiger partial charge in [0.15, 0.2) is 0 Å². The summed E-state index contributed by atoms with van der Waals surface area (Å²) in [7, 11) is 1.55. The summed E-state index contributed by atoms with van der Waals surface area (Å²) in [6, 6.07) is 20.4. The van der Waals surface area contributed by atoms with Gasteiger partial charge in [0.1, 0.15) is 17.5 Å². The molecule has 6 rings (SSSR count). The Labute approximate surface area is 274 Å². The van der Waals surface area contributed by atoms with E-state index in [9.17, 15) is 24.0 Å². The highest BCUT2D eigenvalue weighted by molar-refractivity contribution is 9.10. The average molecular weight is 709 g/mol. The van der Waals surface area contributed by atoms with Crippen LogP contribution in [0.3, 0.4) is 0 Å². The molecule has 13 heteroatoms. The number of hydrogen-bond acceptors (Lipinski definition) is 9. The number of fused-ring (bicyclic) bond motifs is 2. The fourth-order valence-corrected chi connectivity index (χ4v) is 8.74. The molecule has 1 fully saturated rings. The first-order chi connectivity index (χ1) is 21.7. The van der Waals surface area contributed by atoms with Crippen molar-refractivity contribution in [1.82, 2.24) is 4.57 Å². The predicted octanol–water partition coefficient (Wildman–Crippen LogP) is 5.29. The molecule has 0 radical (unpaired) electrons. The molecule has 3 heterocycles. The van der Waals surface area contributed by atoms with Crippen molar-refractivity contribution in [2.24, 2.45) is 5.92 Å². The number of aromatic nitrogens is 1. The van der Waals surface area contributed by atoms with Crippen LogP contribution in [0.25, 0.3) is 0 Å². The van der Waals surface area contributed by atoms with Gasteiger partial charge in [-0.2, -0.15) is 0 Å². The zero-order chi connectivity index (χ0) is 31.8. The molecule has 4 aromatic rings. The minimum atomic E-state index is -0.844. The molecule has 0 spiro atoms. The number of anilines is 2. The molecular formula is C32H26BrN3O7S2. The average Bonchev–Trinajstić information content (AvgIpc) is 3.47. The number of carbonyl (C=O) groups is 4. The molecule has 1 saturated heterocycles. The number of benzene rings is 3. The van der Waals surface area contributed by atoms with Gasteiger partial charge in [0, 0.05) is 21.0 Å². The van der Waals surface area contributed by atoms with Crippen molar-refractivity contribution in [3.63, 3.8) is 0 Å². The van der Waals surface area contributed by atoms with E-state index >= 15 is 0 Å². The maximum absolute atomic E-state index is 14.1. The second-order valence-corrected chi connectivity index (χ2v) is 13.3. The molecule has 1 N–H and O–H groups in total. The molecule has 2 aliphatic rings. The van der Waals surface area contributed by atoms with Gasteiger partial charge in [-0.1, -0.05) is 51.2 Å². The fourth-order valence-electron chi connectivity index (χ4n) is 5.55. The number of amides is 3. The Balaban J connectivity index is 1.36. The van der Waals surface area contributed by atoms with E-state index in [-0.39, 0.29) is 18.0 Å². The molecule has 3 atom stereocenters. The van der Waals surface area contributed by atoms with Crippen LogP contribution < -0.4 is 19.8 Å². The lowest BCUT2D eigenvalue weighted by atomic mass is 9.83. The Morgan fingerprint density at radius 3 is 2.38 bits per heavy atom. The lowest BCUT2D eigenvalue weighted by Gasteiger charge is -2.30. The van der Waals surface area contributed by atoms with Gasteiger partial charge in [0.25, 0.3) is 0 Å². The molecule has 0 bridgehead atoms. The Kier molecular flexibility index (Phi) is 8.67. The number of methoxy groups -OCH3 is 1. The minimum Gasteiger partial charge on any atom is -0.497 e. The number of imide groups is 1. The van der Waals surface area contributed by atoms with Crippen molar-refractivity contribution >= 4 is 74.1 Å². The van der Waals surface area contributed by atoms with Gasteiger partial charge >= 0.3 is 10.8 Å². The molecule has 230 valence electrons.